The first-order valence-corrected chi connectivity index (χ1v) is 13.8. The lowest BCUT2D eigenvalue weighted by Crippen LogP contribution is -2.40. The van der Waals surface area contributed by atoms with Crippen LogP contribution in [0, 0.1) is 16.7 Å². The van der Waals surface area contributed by atoms with Crippen molar-refractivity contribution in [1.82, 2.24) is 30.5 Å². The molecule has 222 valence electrons. The molecule has 39 heavy (non-hydrogen) atoms. The number of nitrogens with one attached hydrogen (secondary N) is 4. The highest BCUT2D eigenvalue weighted by Gasteiger charge is 2.09. The minimum absolute atomic E-state index is 0. The summed E-state index contributed by atoms with van der Waals surface area (Å²) >= 11 is 0. The molecule has 0 spiro atoms. The number of fused-ring (bicyclic) bond motifs is 1. The topological polar surface area (TPSA) is 174 Å². The van der Waals surface area contributed by atoms with E-state index in [1.165, 1.54) is 77.4 Å². The number of aromatic nitrogens is 3. The van der Waals surface area contributed by atoms with Crippen LogP contribution in [0.3, 0.4) is 0 Å². The SMILES string of the molecule is CC.CC#N.CC1=CCC1.CC[C@H]1CCCN1.CN1CCNCC1.N=C/C(=C\N)c1ncnc2[nH]ccc12.O.[HH]. The molecule has 0 saturated carbocycles. The molecule has 0 bridgehead atoms. The number of nitriles is 1. The smallest absolute Gasteiger partial charge is 0.141 e. The number of nitrogens with two attached hydrogens (primary N) is 1. The average Bonchev–Trinajstić information content (AvgIpc) is 3.64. The number of hydrogen-bond acceptors (Lipinski definition) is 8. The van der Waals surface area contributed by atoms with Gasteiger partial charge in [-0.1, -0.05) is 32.4 Å². The predicted molar refractivity (Wildman–Crippen MR) is 168 cm³/mol. The second-order valence-electron chi connectivity index (χ2n) is 8.80. The molecule has 0 radical (unpaired) electrons. The molecule has 2 aromatic heterocycles. The summed E-state index contributed by atoms with van der Waals surface area (Å²) in [6.45, 7) is 15.8. The summed E-state index contributed by atoms with van der Waals surface area (Å²) < 4.78 is 0. The minimum Gasteiger partial charge on any atom is -0.412 e. The van der Waals surface area contributed by atoms with Crippen molar-refractivity contribution < 1.29 is 6.90 Å². The van der Waals surface area contributed by atoms with Crippen LogP contribution in [0.2, 0.25) is 0 Å². The van der Waals surface area contributed by atoms with E-state index < -0.39 is 0 Å². The van der Waals surface area contributed by atoms with E-state index in [-0.39, 0.29) is 6.90 Å². The van der Waals surface area contributed by atoms with Gasteiger partial charge in [0.05, 0.1) is 11.8 Å². The molecular formula is C29H55N9O. The van der Waals surface area contributed by atoms with E-state index in [4.69, 9.17) is 16.4 Å². The summed E-state index contributed by atoms with van der Waals surface area (Å²) in [4.78, 5) is 13.4. The molecule has 8 N–H and O–H groups in total. The Kier molecular flexibility index (Phi) is 24.6. The molecule has 2 aromatic rings. The van der Waals surface area contributed by atoms with Crippen LogP contribution < -0.4 is 16.4 Å². The van der Waals surface area contributed by atoms with Crippen molar-refractivity contribution in [2.75, 3.05) is 39.8 Å². The van der Waals surface area contributed by atoms with Gasteiger partial charge in [-0.15, -0.1) is 0 Å². The quantitative estimate of drug-likeness (QED) is 0.282. The molecule has 2 aliphatic heterocycles. The molecule has 4 heterocycles. The van der Waals surface area contributed by atoms with Gasteiger partial charge in [-0.25, -0.2) is 9.97 Å². The fourth-order valence-corrected chi connectivity index (χ4v) is 3.61. The summed E-state index contributed by atoms with van der Waals surface area (Å²) in [5.41, 5.74) is 8.95. The Morgan fingerprint density at radius 3 is 2.26 bits per heavy atom. The first-order chi connectivity index (χ1) is 18.5. The van der Waals surface area contributed by atoms with E-state index in [1.54, 1.807) is 17.8 Å². The van der Waals surface area contributed by atoms with Gasteiger partial charge in [0.25, 0.3) is 0 Å². The van der Waals surface area contributed by atoms with Gasteiger partial charge in [-0.2, -0.15) is 5.26 Å². The van der Waals surface area contributed by atoms with Crippen LogP contribution >= 0.6 is 0 Å². The van der Waals surface area contributed by atoms with E-state index in [9.17, 15) is 0 Å². The van der Waals surface area contributed by atoms with Crippen LogP contribution in [-0.2, 0) is 0 Å². The molecule has 2 fully saturated rings. The zero-order chi connectivity index (χ0) is 28.6. The highest BCUT2D eigenvalue weighted by molar-refractivity contribution is 6.11. The van der Waals surface area contributed by atoms with Crippen LogP contribution in [0.25, 0.3) is 16.6 Å². The number of aromatic amines is 1. The number of hydrogen-bond donors (Lipinski definition) is 5. The lowest BCUT2D eigenvalue weighted by molar-refractivity contribution is 0.291. The Hall–Kier alpha value is -3.10. The minimum atomic E-state index is 0. The third kappa shape index (κ3) is 16.5. The number of rotatable bonds is 3. The second-order valence-corrected chi connectivity index (χ2v) is 8.80. The Morgan fingerprint density at radius 2 is 1.90 bits per heavy atom. The van der Waals surface area contributed by atoms with Crippen LogP contribution in [0.5, 0.6) is 0 Å². The second kappa shape index (κ2) is 25.2. The molecule has 0 unspecified atom stereocenters. The lowest BCUT2D eigenvalue weighted by Gasteiger charge is -2.21. The fraction of sp³-hybridized carbons (Fsp3) is 0.586. The Bertz CT molecular complexity index is 973. The number of H-pyrrole nitrogens is 1. The van der Waals surface area contributed by atoms with E-state index >= 15 is 0 Å². The van der Waals surface area contributed by atoms with E-state index in [0.717, 1.165) is 30.2 Å². The van der Waals surface area contributed by atoms with Gasteiger partial charge in [-0.05, 0) is 58.7 Å². The third-order valence-corrected chi connectivity index (χ3v) is 5.99. The summed E-state index contributed by atoms with van der Waals surface area (Å²) in [6, 6.07) is 4.46. The molecule has 1 aliphatic carbocycles. The van der Waals surface area contributed by atoms with Gasteiger partial charge in [-0.3, -0.25) is 0 Å². The van der Waals surface area contributed by atoms with Crippen LogP contribution in [0.4, 0.5) is 0 Å². The molecule has 3 aliphatic rings. The highest BCUT2D eigenvalue weighted by atomic mass is 16.0. The number of piperazine rings is 1. The van der Waals surface area contributed by atoms with Gasteiger partial charge in [0, 0.05) is 70.1 Å². The molecule has 2 saturated heterocycles. The fourth-order valence-electron chi connectivity index (χ4n) is 3.61. The van der Waals surface area contributed by atoms with Crippen molar-refractivity contribution in [2.24, 2.45) is 5.73 Å². The maximum atomic E-state index is 7.32. The lowest BCUT2D eigenvalue weighted by atomic mass is 10.0. The van der Waals surface area contributed by atoms with Crippen molar-refractivity contribution in [3.63, 3.8) is 0 Å². The van der Waals surface area contributed by atoms with Gasteiger partial charge in [0.2, 0.25) is 0 Å². The zero-order valence-electron chi connectivity index (χ0n) is 25.0. The van der Waals surface area contributed by atoms with Gasteiger partial charge in [0.15, 0.2) is 0 Å². The first kappa shape index (κ1) is 38.0. The molecular weight excluding hydrogens is 490 g/mol. The molecule has 10 heteroatoms. The molecule has 0 aromatic carbocycles. The number of likely N-dealkylation sites (N-methyl/N-ethyl adjacent to an activating group) is 1. The highest BCUT2D eigenvalue weighted by Crippen LogP contribution is 2.18. The standard InChI is InChI=1S/C9H9N5.C6H13N.C5H12N2.C5H8.C2H3N.C2H6.H2O.H2/c10-3-6(4-11)8-7-1-2-12-9(7)14-5-13-8;1-2-6-4-3-5-7-6;1-7-4-2-6-3-5-7;1-5-3-2-4-5;1-2-3;1-2;;/h1-5,10H,11H2,(H,12,13,14);6-7H,2-5H2,1H3;6H,2-5H2,1H3;3H,2,4H2,1H3;1H3;1-2H3;1H2;1H/b6-4+,10-3?;;;;;;;/t;6-;;;;;;/m.0....../s1. The van der Waals surface area contributed by atoms with Crippen LogP contribution in [0.15, 0.2) is 36.4 Å². The Labute approximate surface area is 237 Å². The Balaban J connectivity index is -0.000000453. The number of allylic oxidation sites excluding steroid dienone is 3. The van der Waals surface area contributed by atoms with Gasteiger partial charge < -0.3 is 37.1 Å². The van der Waals surface area contributed by atoms with Crippen molar-refractivity contribution >= 4 is 22.8 Å². The summed E-state index contributed by atoms with van der Waals surface area (Å²) in [7, 11) is 2.15. The van der Waals surface area contributed by atoms with Gasteiger partial charge >= 0.3 is 0 Å². The third-order valence-electron chi connectivity index (χ3n) is 5.99. The maximum absolute atomic E-state index is 7.32. The molecule has 5 rings (SSSR count). The monoisotopic (exact) mass is 545 g/mol. The van der Waals surface area contributed by atoms with Crippen molar-refractivity contribution in [3.8, 4) is 6.07 Å². The van der Waals surface area contributed by atoms with Crippen molar-refractivity contribution in [1.29, 1.82) is 10.7 Å². The first-order valence-electron chi connectivity index (χ1n) is 13.8. The van der Waals surface area contributed by atoms with E-state index in [2.05, 4.69) is 57.5 Å². The van der Waals surface area contributed by atoms with Crippen molar-refractivity contribution in [2.45, 2.75) is 72.8 Å². The number of nitrogens with zero attached hydrogens (tertiary/aromatic N) is 4. The van der Waals surface area contributed by atoms with Crippen LogP contribution in [0.1, 0.15) is 73.8 Å². The summed E-state index contributed by atoms with van der Waals surface area (Å²) in [5.74, 6) is 0. The largest absolute Gasteiger partial charge is 0.412 e. The van der Waals surface area contributed by atoms with E-state index in [0.29, 0.717) is 11.3 Å². The summed E-state index contributed by atoms with van der Waals surface area (Å²) in [6.07, 6.45) is 14.8. The van der Waals surface area contributed by atoms with Crippen LogP contribution in [-0.4, -0.2) is 77.4 Å². The summed E-state index contributed by atoms with van der Waals surface area (Å²) in [5, 5.41) is 22.0. The predicted octanol–water partition coefficient (Wildman–Crippen LogP) is 4.28. The van der Waals surface area contributed by atoms with Gasteiger partial charge in [0.1, 0.15) is 12.0 Å². The normalized spacial score (nSPS) is 17.4. The molecule has 10 nitrogen and oxygen atoms in total. The molecule has 1 atom stereocenters. The Morgan fingerprint density at radius 1 is 1.28 bits per heavy atom. The van der Waals surface area contributed by atoms with Crippen molar-refractivity contribution in [3.05, 3.63) is 42.1 Å². The molecule has 0 amide bonds. The average molecular weight is 546 g/mol. The van der Waals surface area contributed by atoms with E-state index in [1.807, 2.05) is 19.9 Å². The maximum Gasteiger partial charge on any atom is 0.141 e. The zero-order valence-corrected chi connectivity index (χ0v) is 25.0.